The first-order valence-corrected chi connectivity index (χ1v) is 11.4. The highest BCUT2D eigenvalue weighted by molar-refractivity contribution is 6.30. The minimum Gasteiger partial charge on any atom is -0.497 e. The Morgan fingerprint density at radius 1 is 1.09 bits per heavy atom. The van der Waals surface area contributed by atoms with Crippen LogP contribution in [0, 0.1) is 0 Å². The van der Waals surface area contributed by atoms with Crippen LogP contribution in [-0.4, -0.2) is 43.0 Å². The first-order chi connectivity index (χ1) is 15.5. The predicted molar refractivity (Wildman–Crippen MR) is 127 cm³/mol. The van der Waals surface area contributed by atoms with Gasteiger partial charge in [0, 0.05) is 24.5 Å². The van der Waals surface area contributed by atoms with Crippen molar-refractivity contribution in [2.45, 2.75) is 52.1 Å². The van der Waals surface area contributed by atoms with Gasteiger partial charge in [-0.05, 0) is 61.2 Å². The summed E-state index contributed by atoms with van der Waals surface area (Å²) in [5.41, 5.74) is 0.914. The van der Waals surface area contributed by atoms with Crippen LogP contribution in [0.25, 0.3) is 0 Å². The molecule has 0 radical (unpaired) electrons. The van der Waals surface area contributed by atoms with Gasteiger partial charge in [-0.25, -0.2) is 0 Å². The number of carbonyl (C=O) groups is 2. The highest BCUT2D eigenvalue weighted by Crippen LogP contribution is 2.19. The van der Waals surface area contributed by atoms with E-state index in [2.05, 4.69) is 5.32 Å². The summed E-state index contributed by atoms with van der Waals surface area (Å²) in [5, 5.41) is 3.57. The number of nitrogens with one attached hydrogen (secondary N) is 1. The van der Waals surface area contributed by atoms with Gasteiger partial charge in [0.15, 0.2) is 0 Å². The van der Waals surface area contributed by atoms with E-state index in [0.717, 1.165) is 17.7 Å². The molecule has 2 amide bonds. The summed E-state index contributed by atoms with van der Waals surface area (Å²) < 4.78 is 11.0. The summed E-state index contributed by atoms with van der Waals surface area (Å²) in [5.74, 6) is 1.23. The Balaban J connectivity index is 2.06. The fraction of sp³-hybridized carbons (Fsp3) is 0.440. The zero-order valence-corrected chi connectivity index (χ0v) is 19.9. The minimum atomic E-state index is -0.530. The number of rotatable bonds is 13. The molecule has 0 fully saturated rings. The maximum absolute atomic E-state index is 13.2. The smallest absolute Gasteiger partial charge is 0.242 e. The second kappa shape index (κ2) is 13.6. The molecule has 0 spiro atoms. The lowest BCUT2D eigenvalue weighted by Crippen LogP contribution is -2.49. The van der Waals surface area contributed by atoms with Gasteiger partial charge in [0.05, 0.1) is 13.7 Å². The topological polar surface area (TPSA) is 67.9 Å². The van der Waals surface area contributed by atoms with Gasteiger partial charge < -0.3 is 19.7 Å². The van der Waals surface area contributed by atoms with Crippen LogP contribution in [0.2, 0.25) is 5.02 Å². The molecule has 2 rings (SSSR count). The van der Waals surface area contributed by atoms with Crippen LogP contribution >= 0.6 is 11.6 Å². The molecular weight excluding hydrogens is 428 g/mol. The Labute approximate surface area is 195 Å². The predicted octanol–water partition coefficient (Wildman–Crippen LogP) is 4.84. The maximum Gasteiger partial charge on any atom is 0.242 e. The van der Waals surface area contributed by atoms with Crippen molar-refractivity contribution in [2.75, 3.05) is 20.3 Å². The zero-order valence-electron chi connectivity index (χ0n) is 19.1. The third kappa shape index (κ3) is 8.08. The molecule has 0 saturated heterocycles. The molecule has 2 aromatic rings. The van der Waals surface area contributed by atoms with Gasteiger partial charge in [-0.1, -0.05) is 37.6 Å². The van der Waals surface area contributed by atoms with Gasteiger partial charge in [-0.15, -0.1) is 0 Å². The van der Waals surface area contributed by atoms with E-state index in [1.54, 1.807) is 36.3 Å². The lowest BCUT2D eigenvalue weighted by atomic mass is 10.1. The monoisotopic (exact) mass is 460 g/mol. The van der Waals surface area contributed by atoms with E-state index in [-0.39, 0.29) is 18.2 Å². The standard InChI is InChI=1S/C25H33ClN2O4/c1-4-15-27-25(30)23(5-2)28(18-19-8-6-9-22(17-19)31-3)24(29)10-7-16-32-21-13-11-20(26)12-14-21/h6,8-9,11-14,17,23H,4-5,7,10,15-16,18H2,1-3H3,(H,27,30). The molecule has 0 aliphatic carbocycles. The van der Waals surface area contributed by atoms with Crippen molar-refractivity contribution >= 4 is 23.4 Å². The Hall–Kier alpha value is -2.73. The summed E-state index contributed by atoms with van der Waals surface area (Å²) in [6, 6.07) is 14.2. The van der Waals surface area contributed by atoms with Crippen molar-refractivity contribution in [3.63, 3.8) is 0 Å². The van der Waals surface area contributed by atoms with Crippen molar-refractivity contribution in [3.05, 3.63) is 59.1 Å². The second-order valence-corrected chi connectivity index (χ2v) is 7.93. The lowest BCUT2D eigenvalue weighted by molar-refractivity contribution is -0.141. The van der Waals surface area contributed by atoms with E-state index in [1.165, 1.54) is 0 Å². The number of hydrogen-bond donors (Lipinski definition) is 1. The molecule has 0 aliphatic rings. The van der Waals surface area contributed by atoms with Crippen LogP contribution in [0.4, 0.5) is 0 Å². The molecule has 0 bridgehead atoms. The first-order valence-electron chi connectivity index (χ1n) is 11.1. The molecule has 0 heterocycles. The van der Waals surface area contributed by atoms with Gasteiger partial charge in [0.2, 0.25) is 11.8 Å². The number of methoxy groups -OCH3 is 1. The molecule has 32 heavy (non-hydrogen) atoms. The van der Waals surface area contributed by atoms with Crippen molar-refractivity contribution < 1.29 is 19.1 Å². The molecule has 7 heteroatoms. The highest BCUT2D eigenvalue weighted by atomic mass is 35.5. The summed E-state index contributed by atoms with van der Waals surface area (Å²) in [7, 11) is 1.61. The first kappa shape index (κ1) is 25.5. The summed E-state index contributed by atoms with van der Waals surface area (Å²) in [6.07, 6.45) is 2.21. The third-order valence-electron chi connectivity index (χ3n) is 5.04. The average molecular weight is 461 g/mol. The maximum atomic E-state index is 13.2. The highest BCUT2D eigenvalue weighted by Gasteiger charge is 2.28. The summed E-state index contributed by atoms with van der Waals surface area (Å²) in [4.78, 5) is 27.6. The fourth-order valence-electron chi connectivity index (χ4n) is 3.34. The molecule has 2 aromatic carbocycles. The van der Waals surface area contributed by atoms with Crippen LogP contribution < -0.4 is 14.8 Å². The van der Waals surface area contributed by atoms with Crippen molar-refractivity contribution in [2.24, 2.45) is 0 Å². The summed E-state index contributed by atoms with van der Waals surface area (Å²) >= 11 is 5.89. The number of hydrogen-bond acceptors (Lipinski definition) is 4. The van der Waals surface area contributed by atoms with Gasteiger partial charge in [-0.3, -0.25) is 9.59 Å². The summed E-state index contributed by atoms with van der Waals surface area (Å²) in [6.45, 7) is 5.25. The molecule has 174 valence electrons. The zero-order chi connectivity index (χ0) is 23.3. The number of nitrogens with zero attached hydrogens (tertiary/aromatic N) is 1. The van der Waals surface area contributed by atoms with Crippen LogP contribution in [-0.2, 0) is 16.1 Å². The lowest BCUT2D eigenvalue weighted by Gasteiger charge is -2.31. The molecule has 6 nitrogen and oxygen atoms in total. The molecule has 0 aliphatic heterocycles. The van der Waals surface area contributed by atoms with Gasteiger partial charge in [0.1, 0.15) is 17.5 Å². The van der Waals surface area contributed by atoms with Gasteiger partial charge in [0.25, 0.3) is 0 Å². The molecule has 1 atom stereocenters. The largest absolute Gasteiger partial charge is 0.497 e. The average Bonchev–Trinajstić information content (AvgIpc) is 2.81. The van der Waals surface area contributed by atoms with E-state index >= 15 is 0 Å². The van der Waals surface area contributed by atoms with Crippen LogP contribution in [0.1, 0.15) is 45.1 Å². The SMILES string of the molecule is CCCNC(=O)C(CC)N(Cc1cccc(OC)c1)C(=O)CCCOc1ccc(Cl)cc1. The van der Waals surface area contributed by atoms with Crippen molar-refractivity contribution in [1.82, 2.24) is 10.2 Å². The number of amides is 2. The number of carbonyl (C=O) groups excluding carboxylic acids is 2. The molecule has 1 N–H and O–H groups in total. The van der Waals surface area contributed by atoms with Crippen molar-refractivity contribution in [1.29, 1.82) is 0 Å². The Kier molecular flexibility index (Phi) is 10.9. The van der Waals surface area contributed by atoms with Gasteiger partial charge >= 0.3 is 0 Å². The molecule has 0 aromatic heterocycles. The van der Waals surface area contributed by atoms with Crippen LogP contribution in [0.15, 0.2) is 48.5 Å². The van der Waals surface area contributed by atoms with Crippen LogP contribution in [0.5, 0.6) is 11.5 Å². The normalized spacial score (nSPS) is 11.5. The Morgan fingerprint density at radius 2 is 1.84 bits per heavy atom. The van der Waals surface area contributed by atoms with E-state index < -0.39 is 6.04 Å². The Morgan fingerprint density at radius 3 is 2.50 bits per heavy atom. The molecular formula is C25H33ClN2O4. The van der Waals surface area contributed by atoms with Gasteiger partial charge in [-0.2, -0.15) is 0 Å². The molecule has 1 unspecified atom stereocenters. The quantitative estimate of drug-likeness (QED) is 0.434. The minimum absolute atomic E-state index is 0.0778. The Bertz CT molecular complexity index is 857. The van der Waals surface area contributed by atoms with Crippen LogP contribution in [0.3, 0.4) is 0 Å². The van der Waals surface area contributed by atoms with E-state index in [9.17, 15) is 9.59 Å². The van der Waals surface area contributed by atoms with E-state index in [0.29, 0.717) is 43.3 Å². The van der Waals surface area contributed by atoms with Crippen molar-refractivity contribution in [3.8, 4) is 11.5 Å². The van der Waals surface area contributed by atoms with E-state index in [4.69, 9.17) is 21.1 Å². The third-order valence-corrected chi connectivity index (χ3v) is 5.29. The number of ether oxygens (including phenoxy) is 2. The fourth-order valence-corrected chi connectivity index (χ4v) is 3.47. The molecule has 0 saturated carbocycles. The second-order valence-electron chi connectivity index (χ2n) is 7.49. The van der Waals surface area contributed by atoms with E-state index in [1.807, 2.05) is 38.1 Å². The number of halogens is 1. The number of benzene rings is 2.